The first-order valence-electron chi connectivity index (χ1n) is 11.1. The molecule has 0 saturated heterocycles. The smallest absolute Gasteiger partial charge is 0.264 e. The predicted molar refractivity (Wildman–Crippen MR) is 147 cm³/mol. The fraction of sp³-hybridized carbons (Fsp3) is 0.185. The summed E-state index contributed by atoms with van der Waals surface area (Å²) in [6, 6.07) is 14.5. The van der Waals surface area contributed by atoms with E-state index < -0.39 is 0 Å². The molecule has 1 amide bonds. The average Bonchev–Trinajstić information content (AvgIpc) is 3.31. The van der Waals surface area contributed by atoms with Crippen LogP contribution in [-0.4, -0.2) is 45.9 Å². The molecule has 0 aliphatic rings. The van der Waals surface area contributed by atoms with Gasteiger partial charge in [-0.1, -0.05) is 41.2 Å². The molecule has 8 nitrogen and oxygen atoms in total. The number of aromatic nitrogens is 1. The maximum atomic E-state index is 12.5. The summed E-state index contributed by atoms with van der Waals surface area (Å²) in [6.45, 7) is -0.215. The summed E-state index contributed by atoms with van der Waals surface area (Å²) in [4.78, 5) is 16.9. The molecule has 10 heteroatoms. The van der Waals surface area contributed by atoms with E-state index in [1.807, 2.05) is 42.5 Å². The zero-order chi connectivity index (χ0) is 26.4. The largest absolute Gasteiger partial charge is 0.493 e. The van der Waals surface area contributed by atoms with Crippen molar-refractivity contribution in [3.63, 3.8) is 0 Å². The van der Waals surface area contributed by atoms with Crippen LogP contribution in [0.3, 0.4) is 0 Å². The first kappa shape index (κ1) is 26.1. The van der Waals surface area contributed by atoms with Crippen LogP contribution in [0.25, 0.3) is 22.4 Å². The molecule has 0 fully saturated rings. The van der Waals surface area contributed by atoms with E-state index in [-0.39, 0.29) is 12.5 Å². The van der Waals surface area contributed by atoms with Gasteiger partial charge in [-0.15, -0.1) is 0 Å². The van der Waals surface area contributed by atoms with Crippen LogP contribution < -0.4 is 29.0 Å². The molecule has 0 atom stereocenters. The number of fused-ring (bicyclic) bond motifs is 1. The molecule has 0 radical (unpaired) electrons. The molecule has 1 N–H and O–H groups in total. The van der Waals surface area contributed by atoms with E-state index in [1.165, 1.54) is 11.3 Å². The van der Waals surface area contributed by atoms with Crippen LogP contribution >= 0.6 is 22.9 Å². The third-order valence-corrected chi connectivity index (χ3v) is 6.47. The van der Waals surface area contributed by atoms with Gasteiger partial charge in [0.2, 0.25) is 5.75 Å². The Bertz CT molecular complexity index is 1430. The van der Waals surface area contributed by atoms with Crippen molar-refractivity contribution in [3.8, 4) is 28.7 Å². The van der Waals surface area contributed by atoms with E-state index in [2.05, 4.69) is 10.3 Å². The summed E-state index contributed by atoms with van der Waals surface area (Å²) in [5, 5.41) is 3.85. The average molecular weight is 541 g/mol. The van der Waals surface area contributed by atoms with Crippen LogP contribution in [0.1, 0.15) is 11.1 Å². The van der Waals surface area contributed by atoms with Gasteiger partial charge in [-0.25, -0.2) is 4.98 Å². The summed E-state index contributed by atoms with van der Waals surface area (Å²) in [5.74, 6) is 2.24. The number of anilines is 1. The molecule has 37 heavy (non-hydrogen) atoms. The molecule has 1 aromatic heterocycles. The maximum Gasteiger partial charge on any atom is 0.264 e. The lowest BCUT2D eigenvalue weighted by molar-refractivity contribution is -0.118. The monoisotopic (exact) mass is 540 g/mol. The second-order valence-electron chi connectivity index (χ2n) is 7.67. The van der Waals surface area contributed by atoms with Gasteiger partial charge in [0.1, 0.15) is 0 Å². The summed E-state index contributed by atoms with van der Waals surface area (Å²) in [5.41, 5.74) is 2.45. The number of rotatable bonds is 10. The number of nitrogens with zero attached hydrogens (tertiary/aromatic N) is 1. The molecule has 1 heterocycles. The number of amides is 1. The molecule has 0 aliphatic carbocycles. The molecule has 0 spiro atoms. The molecular formula is C27H25ClN2O6S. The molecule has 0 unspecified atom stereocenters. The van der Waals surface area contributed by atoms with Gasteiger partial charge >= 0.3 is 0 Å². The van der Waals surface area contributed by atoms with Gasteiger partial charge in [0.25, 0.3) is 5.91 Å². The molecule has 4 rings (SSSR count). The second-order valence-corrected chi connectivity index (χ2v) is 9.14. The number of benzene rings is 3. The molecular weight excluding hydrogens is 516 g/mol. The topological polar surface area (TPSA) is 88.1 Å². The number of hydrogen-bond acceptors (Lipinski definition) is 8. The summed E-state index contributed by atoms with van der Waals surface area (Å²) in [7, 11) is 6.24. The quantitative estimate of drug-likeness (QED) is 0.240. The Morgan fingerprint density at radius 1 is 0.865 bits per heavy atom. The number of carbonyl (C=O) groups excluding carboxylic acids is 1. The van der Waals surface area contributed by atoms with Crippen molar-refractivity contribution in [1.82, 2.24) is 4.98 Å². The highest BCUT2D eigenvalue weighted by molar-refractivity contribution is 7.22. The van der Waals surface area contributed by atoms with Gasteiger partial charge in [-0.05, 0) is 53.6 Å². The van der Waals surface area contributed by atoms with E-state index in [0.717, 1.165) is 21.3 Å². The zero-order valence-electron chi connectivity index (χ0n) is 20.7. The van der Waals surface area contributed by atoms with Crippen molar-refractivity contribution >= 4 is 56.3 Å². The molecule has 3 aromatic carbocycles. The summed E-state index contributed by atoms with van der Waals surface area (Å²) in [6.07, 6.45) is 3.81. The molecule has 4 aromatic rings. The number of methoxy groups -OCH3 is 4. The Hall–Kier alpha value is -3.95. The highest BCUT2D eigenvalue weighted by Gasteiger charge is 2.13. The lowest BCUT2D eigenvalue weighted by atomic mass is 10.1. The molecule has 0 saturated carbocycles. The fourth-order valence-corrected chi connectivity index (χ4v) is 4.71. The Balaban J connectivity index is 1.46. The number of carbonyl (C=O) groups is 1. The fourth-order valence-electron chi connectivity index (χ4n) is 3.55. The lowest BCUT2D eigenvalue weighted by Gasteiger charge is -2.13. The minimum Gasteiger partial charge on any atom is -0.493 e. The van der Waals surface area contributed by atoms with Crippen LogP contribution in [0.4, 0.5) is 5.13 Å². The van der Waals surface area contributed by atoms with Crippen LogP contribution in [0, 0.1) is 0 Å². The molecule has 192 valence electrons. The van der Waals surface area contributed by atoms with Crippen molar-refractivity contribution in [2.24, 2.45) is 0 Å². The van der Waals surface area contributed by atoms with Crippen LogP contribution in [0.15, 0.2) is 48.5 Å². The van der Waals surface area contributed by atoms with Gasteiger partial charge in [-0.2, -0.15) is 0 Å². The number of halogens is 1. The number of hydrogen-bond donors (Lipinski definition) is 1. The van der Waals surface area contributed by atoms with Crippen LogP contribution in [0.2, 0.25) is 5.02 Å². The Kier molecular flexibility index (Phi) is 8.37. The maximum absolute atomic E-state index is 12.5. The van der Waals surface area contributed by atoms with Crippen molar-refractivity contribution in [1.29, 1.82) is 0 Å². The number of nitrogens with one attached hydrogen (secondary N) is 1. The molecule has 0 aliphatic heterocycles. The van der Waals surface area contributed by atoms with E-state index in [9.17, 15) is 4.79 Å². The van der Waals surface area contributed by atoms with Crippen LogP contribution in [0.5, 0.6) is 28.7 Å². The first-order valence-corrected chi connectivity index (χ1v) is 12.3. The van der Waals surface area contributed by atoms with E-state index in [1.54, 1.807) is 46.6 Å². The van der Waals surface area contributed by atoms with Crippen molar-refractivity contribution < 1.29 is 28.5 Å². The predicted octanol–water partition coefficient (Wildman–Crippen LogP) is 6.17. The third kappa shape index (κ3) is 6.25. The summed E-state index contributed by atoms with van der Waals surface area (Å²) < 4.78 is 28.3. The van der Waals surface area contributed by atoms with E-state index in [0.29, 0.717) is 38.9 Å². The standard InChI is InChI=1S/C27H25ClN2O6S/c1-32-20-10-7-16(5-6-17-12-22(33-2)26(35-4)23(13-17)34-3)11-21(20)36-15-25(31)30-27-29-19-9-8-18(28)14-24(19)37-27/h5-14H,15H2,1-4H3,(H,29,30,31)/b6-5-. The van der Waals surface area contributed by atoms with E-state index in [4.69, 9.17) is 35.3 Å². The second kappa shape index (κ2) is 11.9. The first-order chi connectivity index (χ1) is 17.9. The minimum absolute atomic E-state index is 0.215. The Labute approximate surface area is 223 Å². The highest BCUT2D eigenvalue weighted by atomic mass is 35.5. The van der Waals surface area contributed by atoms with Crippen molar-refractivity contribution in [2.45, 2.75) is 0 Å². The van der Waals surface area contributed by atoms with Crippen molar-refractivity contribution in [3.05, 3.63) is 64.7 Å². The van der Waals surface area contributed by atoms with Gasteiger partial charge in [0, 0.05) is 5.02 Å². The Morgan fingerprint density at radius 3 is 2.22 bits per heavy atom. The van der Waals surface area contributed by atoms with Gasteiger partial charge in [0.05, 0.1) is 38.7 Å². The minimum atomic E-state index is -0.342. The summed E-state index contributed by atoms with van der Waals surface area (Å²) >= 11 is 7.37. The normalized spacial score (nSPS) is 10.9. The number of thiazole rings is 1. The zero-order valence-corrected chi connectivity index (χ0v) is 22.2. The highest BCUT2D eigenvalue weighted by Crippen LogP contribution is 2.39. The number of ether oxygens (including phenoxy) is 5. The Morgan fingerprint density at radius 2 is 1.54 bits per heavy atom. The van der Waals surface area contributed by atoms with Gasteiger partial charge < -0.3 is 23.7 Å². The molecule has 0 bridgehead atoms. The third-order valence-electron chi connectivity index (χ3n) is 5.30. The SMILES string of the molecule is COc1ccc(/C=C\c2cc(OC)c(OC)c(OC)c2)cc1OCC(=O)Nc1nc2ccc(Cl)cc2s1. The lowest BCUT2D eigenvalue weighted by Crippen LogP contribution is -2.20. The van der Waals surface area contributed by atoms with Gasteiger partial charge in [-0.3, -0.25) is 10.1 Å². The van der Waals surface area contributed by atoms with Crippen LogP contribution in [-0.2, 0) is 4.79 Å². The van der Waals surface area contributed by atoms with Gasteiger partial charge in [0.15, 0.2) is 34.7 Å². The van der Waals surface area contributed by atoms with E-state index >= 15 is 0 Å². The van der Waals surface area contributed by atoms with Crippen molar-refractivity contribution in [2.75, 3.05) is 40.4 Å².